The van der Waals surface area contributed by atoms with Gasteiger partial charge in [-0.05, 0) is 54.3 Å². The van der Waals surface area contributed by atoms with Crippen LogP contribution in [0.15, 0.2) is 67.3 Å². The maximum atomic E-state index is 12.4. The lowest BCUT2D eigenvalue weighted by Gasteiger charge is -2.17. The van der Waals surface area contributed by atoms with Gasteiger partial charge >= 0.3 is 0 Å². The first kappa shape index (κ1) is 24.1. The number of amides is 1. The van der Waals surface area contributed by atoms with Crippen LogP contribution in [0.2, 0.25) is 0 Å². The van der Waals surface area contributed by atoms with E-state index in [-0.39, 0.29) is 11.3 Å². The molecule has 0 fully saturated rings. The Hall–Kier alpha value is -4.30. The smallest absolute Gasteiger partial charge is 0.224 e. The normalized spacial score (nSPS) is 11.9. The Morgan fingerprint density at radius 2 is 1.76 bits per heavy atom. The van der Waals surface area contributed by atoms with Crippen molar-refractivity contribution in [2.24, 2.45) is 5.41 Å². The van der Waals surface area contributed by atoms with E-state index in [1.165, 1.54) is 9.75 Å². The molecule has 6 aromatic rings. The van der Waals surface area contributed by atoms with Crippen LogP contribution in [-0.4, -0.2) is 31.1 Å². The predicted molar refractivity (Wildman–Crippen MR) is 155 cm³/mol. The molecule has 38 heavy (non-hydrogen) atoms. The van der Waals surface area contributed by atoms with Crippen molar-refractivity contribution < 1.29 is 4.79 Å². The van der Waals surface area contributed by atoms with Crippen molar-refractivity contribution in [3.63, 3.8) is 0 Å². The number of anilines is 1. The Kier molecular flexibility index (Phi) is 5.84. The number of thiophene rings is 1. The predicted octanol–water partition coefficient (Wildman–Crippen LogP) is 7.58. The molecule has 1 amide bonds. The number of nitrogens with one attached hydrogen (secondary N) is 3. The number of hydrogen-bond donors (Lipinski definition) is 3. The first-order chi connectivity index (χ1) is 18.2. The highest BCUT2D eigenvalue weighted by Gasteiger charge is 2.17. The Morgan fingerprint density at radius 1 is 0.921 bits per heavy atom. The fourth-order valence-corrected chi connectivity index (χ4v) is 5.60. The molecule has 190 valence electrons. The van der Waals surface area contributed by atoms with E-state index in [1.807, 2.05) is 57.6 Å². The van der Waals surface area contributed by atoms with Crippen molar-refractivity contribution in [2.45, 2.75) is 34.1 Å². The van der Waals surface area contributed by atoms with Crippen LogP contribution >= 0.6 is 11.3 Å². The zero-order chi connectivity index (χ0) is 26.4. The zero-order valence-corrected chi connectivity index (χ0v) is 22.5. The van der Waals surface area contributed by atoms with Crippen LogP contribution in [0.4, 0.5) is 5.69 Å². The fourth-order valence-electron chi connectivity index (χ4n) is 4.71. The molecule has 0 spiro atoms. The van der Waals surface area contributed by atoms with Crippen LogP contribution in [0.3, 0.4) is 0 Å². The summed E-state index contributed by atoms with van der Waals surface area (Å²) in [6.45, 7) is 8.26. The van der Waals surface area contributed by atoms with Crippen molar-refractivity contribution in [3.05, 3.63) is 72.1 Å². The number of fused-ring (bicyclic) bond motifs is 2. The second-order valence-electron chi connectivity index (χ2n) is 10.8. The highest BCUT2D eigenvalue weighted by atomic mass is 32.1. The highest BCUT2D eigenvalue weighted by molar-refractivity contribution is 7.15. The first-order valence-electron chi connectivity index (χ1n) is 12.5. The molecule has 0 aliphatic rings. The van der Waals surface area contributed by atoms with Gasteiger partial charge in [0.2, 0.25) is 5.91 Å². The lowest BCUT2D eigenvalue weighted by atomic mass is 9.92. The molecule has 5 heterocycles. The molecule has 0 atom stereocenters. The van der Waals surface area contributed by atoms with Gasteiger partial charge in [0.1, 0.15) is 5.69 Å². The van der Waals surface area contributed by atoms with Gasteiger partial charge in [-0.25, -0.2) is 0 Å². The van der Waals surface area contributed by atoms with Gasteiger partial charge in [0.15, 0.2) is 0 Å². The summed E-state index contributed by atoms with van der Waals surface area (Å²) < 4.78 is 0. The molecular formula is C30H28N6OS. The van der Waals surface area contributed by atoms with Crippen LogP contribution in [0, 0.1) is 12.3 Å². The van der Waals surface area contributed by atoms with Gasteiger partial charge in [-0.1, -0.05) is 26.8 Å². The maximum Gasteiger partial charge on any atom is 0.224 e. The van der Waals surface area contributed by atoms with Gasteiger partial charge in [0, 0.05) is 50.5 Å². The number of benzene rings is 1. The van der Waals surface area contributed by atoms with Crippen molar-refractivity contribution in [3.8, 4) is 33.0 Å². The van der Waals surface area contributed by atoms with Crippen molar-refractivity contribution in [1.29, 1.82) is 0 Å². The maximum absolute atomic E-state index is 12.4. The third-order valence-corrected chi connectivity index (χ3v) is 7.45. The average molecular weight is 521 g/mol. The molecule has 5 aromatic heterocycles. The number of aryl methyl sites for hydroxylation is 1. The number of carbonyl (C=O) groups excluding carboxylic acids is 1. The van der Waals surface area contributed by atoms with Crippen molar-refractivity contribution >= 4 is 44.7 Å². The Balaban J connectivity index is 1.36. The van der Waals surface area contributed by atoms with E-state index in [0.717, 1.165) is 49.9 Å². The van der Waals surface area contributed by atoms with Gasteiger partial charge in [-0.2, -0.15) is 5.10 Å². The number of carbonyl (C=O) groups is 1. The third kappa shape index (κ3) is 4.70. The molecule has 0 unspecified atom stereocenters. The van der Waals surface area contributed by atoms with E-state index in [2.05, 4.69) is 61.7 Å². The van der Waals surface area contributed by atoms with Gasteiger partial charge in [-0.15, -0.1) is 11.3 Å². The number of rotatable bonds is 5. The van der Waals surface area contributed by atoms with Crippen LogP contribution in [-0.2, 0) is 4.79 Å². The minimum absolute atomic E-state index is 0.0191. The summed E-state index contributed by atoms with van der Waals surface area (Å²) >= 11 is 1.76. The molecule has 0 saturated carbocycles. The van der Waals surface area contributed by atoms with E-state index < -0.39 is 0 Å². The highest BCUT2D eigenvalue weighted by Crippen LogP contribution is 2.37. The molecule has 0 radical (unpaired) electrons. The summed E-state index contributed by atoms with van der Waals surface area (Å²) in [5, 5.41) is 12.9. The monoisotopic (exact) mass is 520 g/mol. The van der Waals surface area contributed by atoms with E-state index in [1.54, 1.807) is 17.5 Å². The van der Waals surface area contributed by atoms with Crippen molar-refractivity contribution in [2.75, 3.05) is 5.32 Å². The Morgan fingerprint density at radius 3 is 2.55 bits per heavy atom. The van der Waals surface area contributed by atoms with E-state index in [4.69, 9.17) is 0 Å². The summed E-state index contributed by atoms with van der Waals surface area (Å²) in [7, 11) is 0. The fraction of sp³-hybridized carbons (Fsp3) is 0.200. The van der Waals surface area contributed by atoms with Gasteiger partial charge in [0.05, 0.1) is 34.8 Å². The van der Waals surface area contributed by atoms with E-state index >= 15 is 0 Å². The summed E-state index contributed by atoms with van der Waals surface area (Å²) in [6, 6.07) is 14.6. The van der Waals surface area contributed by atoms with Crippen LogP contribution in [0.1, 0.15) is 32.1 Å². The minimum atomic E-state index is -0.0833. The van der Waals surface area contributed by atoms with Crippen LogP contribution in [0.5, 0.6) is 0 Å². The molecule has 8 heteroatoms. The first-order valence-corrected chi connectivity index (χ1v) is 13.3. The molecule has 0 saturated heterocycles. The summed E-state index contributed by atoms with van der Waals surface area (Å²) in [6.07, 6.45) is 7.71. The SMILES string of the molecule is Cc1ccc(-c2cncc3[nH]c(-c4n[nH]c5ccc(-c6cncc(NC(=O)CC(C)(C)C)c6)cc45)cc23)s1. The molecule has 1 aromatic carbocycles. The van der Waals surface area contributed by atoms with Gasteiger partial charge in [-0.3, -0.25) is 19.9 Å². The standard InChI is InChI=1S/C30H28N6OS/c1-17-5-8-27(38-17)23-15-32-16-26-21(23)11-25(34-26)29-22-10-18(6-7-24(22)35-36-29)19-9-20(14-31-13-19)33-28(37)12-30(2,3)4/h5-11,13-16,34H,12H2,1-4H3,(H,33,37)(H,35,36). The lowest BCUT2D eigenvalue weighted by molar-refractivity contribution is -0.117. The third-order valence-electron chi connectivity index (χ3n) is 6.42. The largest absolute Gasteiger partial charge is 0.352 e. The molecule has 6 rings (SSSR count). The zero-order valence-electron chi connectivity index (χ0n) is 21.7. The minimum Gasteiger partial charge on any atom is -0.352 e. The molecule has 3 N–H and O–H groups in total. The van der Waals surface area contributed by atoms with Crippen LogP contribution in [0.25, 0.3) is 54.8 Å². The number of nitrogens with zero attached hydrogens (tertiary/aromatic N) is 3. The Bertz CT molecular complexity index is 1800. The average Bonchev–Trinajstić information content (AvgIpc) is 3.60. The molecule has 0 aliphatic carbocycles. The van der Waals surface area contributed by atoms with Crippen molar-refractivity contribution in [1.82, 2.24) is 25.1 Å². The van der Waals surface area contributed by atoms with Crippen LogP contribution < -0.4 is 5.32 Å². The summed E-state index contributed by atoms with van der Waals surface area (Å²) in [4.78, 5) is 27.3. The number of aromatic nitrogens is 5. The molecule has 0 aliphatic heterocycles. The quantitative estimate of drug-likeness (QED) is 0.218. The summed E-state index contributed by atoms with van der Waals surface area (Å²) in [5.41, 5.74) is 7.30. The molecular weight excluding hydrogens is 492 g/mol. The second-order valence-corrected chi connectivity index (χ2v) is 12.1. The molecule has 7 nitrogen and oxygen atoms in total. The number of H-pyrrole nitrogens is 2. The molecule has 0 bridgehead atoms. The number of aromatic amines is 2. The lowest BCUT2D eigenvalue weighted by Crippen LogP contribution is -2.19. The Labute approximate surface area is 224 Å². The topological polar surface area (TPSA) is 99.3 Å². The van der Waals surface area contributed by atoms with Gasteiger partial charge < -0.3 is 10.3 Å². The second kappa shape index (κ2) is 9.22. The van der Waals surface area contributed by atoms with Gasteiger partial charge in [0.25, 0.3) is 0 Å². The van der Waals surface area contributed by atoms with E-state index in [9.17, 15) is 4.79 Å². The number of pyridine rings is 2. The summed E-state index contributed by atoms with van der Waals surface area (Å²) in [5.74, 6) is -0.0191. The number of hydrogen-bond acceptors (Lipinski definition) is 5. The van der Waals surface area contributed by atoms with E-state index in [0.29, 0.717) is 12.1 Å².